The van der Waals surface area contributed by atoms with Gasteiger partial charge in [0.05, 0.1) is 23.7 Å². The number of carbonyl (C=O) groups excluding carboxylic acids is 1. The molecular weight excluding hydrogens is 516 g/mol. The third-order valence-corrected chi connectivity index (χ3v) is 5.44. The molecule has 0 aliphatic carbocycles. The van der Waals surface area contributed by atoms with Gasteiger partial charge in [0.25, 0.3) is 5.91 Å². The van der Waals surface area contributed by atoms with Crippen LogP contribution >= 0.6 is 11.6 Å². The molecule has 1 amide bonds. The van der Waals surface area contributed by atoms with Gasteiger partial charge >= 0.3 is 0 Å². The van der Waals surface area contributed by atoms with Crippen LogP contribution in [0.25, 0.3) is 5.82 Å². The van der Waals surface area contributed by atoms with Crippen molar-refractivity contribution in [3.8, 4) is 11.6 Å². The van der Waals surface area contributed by atoms with E-state index in [1.807, 2.05) is 0 Å². The summed E-state index contributed by atoms with van der Waals surface area (Å²) in [6.07, 6.45) is 5.26. The molecule has 13 heteroatoms. The van der Waals surface area contributed by atoms with Gasteiger partial charge in [0.2, 0.25) is 10.0 Å². The highest BCUT2D eigenvalue weighted by atomic mass is 35.5. The molecule has 0 aliphatic rings. The topological polar surface area (TPSA) is 115 Å². The molecule has 0 spiro atoms. The smallest absolute Gasteiger partial charge is 0.258 e. The number of pyridine rings is 1. The van der Waals surface area contributed by atoms with E-state index in [-0.39, 0.29) is 34.3 Å². The van der Waals surface area contributed by atoms with Gasteiger partial charge in [0, 0.05) is 46.9 Å². The van der Waals surface area contributed by atoms with Gasteiger partial charge in [0.15, 0.2) is 5.82 Å². The largest absolute Gasteiger partial charge is 0.489 e. The Bertz CT molecular complexity index is 1530. The average molecular weight is 534 g/mol. The summed E-state index contributed by atoms with van der Waals surface area (Å²) in [5, 5.41) is 7.02. The first-order valence-corrected chi connectivity index (χ1v) is 12.5. The monoisotopic (exact) mass is 533 g/mol. The van der Waals surface area contributed by atoms with Crippen LogP contribution < -0.4 is 14.8 Å². The Morgan fingerprint density at radius 2 is 1.83 bits per heavy atom. The highest BCUT2D eigenvalue weighted by Crippen LogP contribution is 2.24. The highest BCUT2D eigenvalue weighted by molar-refractivity contribution is 7.92. The van der Waals surface area contributed by atoms with Crippen molar-refractivity contribution in [3.05, 3.63) is 94.9 Å². The molecule has 36 heavy (non-hydrogen) atoms. The van der Waals surface area contributed by atoms with E-state index in [1.165, 1.54) is 41.5 Å². The van der Waals surface area contributed by atoms with Crippen molar-refractivity contribution < 1.29 is 26.7 Å². The van der Waals surface area contributed by atoms with E-state index in [9.17, 15) is 22.0 Å². The molecule has 186 valence electrons. The lowest BCUT2D eigenvalue weighted by molar-refractivity contribution is 0.102. The lowest BCUT2D eigenvalue weighted by Gasteiger charge is -2.10. The second-order valence-corrected chi connectivity index (χ2v) is 9.80. The first-order chi connectivity index (χ1) is 17.1. The minimum atomic E-state index is -3.54. The van der Waals surface area contributed by atoms with Crippen LogP contribution in [0.15, 0.2) is 67.1 Å². The van der Waals surface area contributed by atoms with Crippen LogP contribution in [0.3, 0.4) is 0 Å². The SMILES string of the molecule is CS(=O)(=O)Nc1cc(Cl)cc(NC(=O)c2cnn(-c3ncccc3COc3cc(F)cc(F)c3)c2)c1. The summed E-state index contributed by atoms with van der Waals surface area (Å²) in [6.45, 7) is -0.0634. The van der Waals surface area contributed by atoms with E-state index in [0.717, 1.165) is 24.5 Å². The summed E-state index contributed by atoms with van der Waals surface area (Å²) in [4.78, 5) is 17.0. The lowest BCUT2D eigenvalue weighted by atomic mass is 10.2. The van der Waals surface area contributed by atoms with Crippen LogP contribution in [0.5, 0.6) is 5.75 Å². The Morgan fingerprint density at radius 3 is 2.56 bits per heavy atom. The average Bonchev–Trinajstić information content (AvgIpc) is 3.26. The molecule has 9 nitrogen and oxygen atoms in total. The van der Waals surface area contributed by atoms with E-state index in [4.69, 9.17) is 16.3 Å². The molecule has 0 unspecified atom stereocenters. The zero-order valence-corrected chi connectivity index (χ0v) is 20.1. The molecular formula is C23H18ClF2N5O4S. The predicted molar refractivity (Wildman–Crippen MR) is 130 cm³/mol. The number of nitrogens with zero attached hydrogens (tertiary/aromatic N) is 3. The van der Waals surface area contributed by atoms with Crippen molar-refractivity contribution in [2.75, 3.05) is 16.3 Å². The second kappa shape index (κ2) is 10.3. The van der Waals surface area contributed by atoms with Crippen LogP contribution in [0.4, 0.5) is 20.2 Å². The number of halogens is 3. The van der Waals surface area contributed by atoms with Gasteiger partial charge in [-0.1, -0.05) is 17.7 Å². The molecule has 0 bridgehead atoms. The van der Waals surface area contributed by atoms with Crippen molar-refractivity contribution in [2.45, 2.75) is 6.61 Å². The van der Waals surface area contributed by atoms with E-state index < -0.39 is 27.6 Å². The fraction of sp³-hybridized carbons (Fsp3) is 0.0870. The first-order valence-electron chi connectivity index (χ1n) is 10.2. The van der Waals surface area contributed by atoms with Crippen molar-refractivity contribution in [3.63, 3.8) is 0 Å². The third kappa shape index (κ3) is 6.55. The van der Waals surface area contributed by atoms with Gasteiger partial charge in [-0.05, 0) is 24.3 Å². The van der Waals surface area contributed by atoms with Crippen LogP contribution in [-0.4, -0.2) is 35.3 Å². The number of aromatic nitrogens is 3. The van der Waals surface area contributed by atoms with Crippen molar-refractivity contribution in [1.82, 2.24) is 14.8 Å². The Balaban J connectivity index is 1.51. The summed E-state index contributed by atoms with van der Waals surface area (Å²) in [5.41, 5.74) is 1.17. The molecule has 0 radical (unpaired) electrons. The van der Waals surface area contributed by atoms with Gasteiger partial charge in [0.1, 0.15) is 24.0 Å². The number of anilines is 2. The minimum absolute atomic E-state index is 0.00842. The summed E-state index contributed by atoms with van der Waals surface area (Å²) < 4.78 is 59.0. The molecule has 0 aliphatic heterocycles. The minimum Gasteiger partial charge on any atom is -0.489 e. The van der Waals surface area contributed by atoms with Gasteiger partial charge in [-0.25, -0.2) is 26.9 Å². The summed E-state index contributed by atoms with van der Waals surface area (Å²) >= 11 is 6.04. The standard InChI is InChI=1S/C23H18ClF2N5O4S/c1-36(33,34)30-20-6-16(24)5-19(10-20)29-23(32)15-11-28-31(12-15)22-14(3-2-4-27-22)13-35-21-8-17(25)7-18(26)9-21/h2-12,30H,13H2,1H3,(H,29,32). The number of benzene rings is 2. The van der Waals surface area contributed by atoms with Crippen molar-refractivity contribution >= 4 is 38.9 Å². The van der Waals surface area contributed by atoms with Crippen LogP contribution in [0, 0.1) is 11.6 Å². The number of sulfonamides is 1. The number of carbonyl (C=O) groups is 1. The number of hydrogen-bond acceptors (Lipinski definition) is 6. The Labute approximate surface area is 209 Å². The fourth-order valence-electron chi connectivity index (χ4n) is 3.22. The van der Waals surface area contributed by atoms with Crippen LogP contribution in [-0.2, 0) is 16.6 Å². The Kier molecular flexibility index (Phi) is 7.17. The molecule has 2 aromatic carbocycles. The first kappa shape index (κ1) is 25.1. The van der Waals surface area contributed by atoms with Crippen LogP contribution in [0.2, 0.25) is 5.02 Å². The normalized spacial score (nSPS) is 11.2. The summed E-state index contributed by atoms with van der Waals surface area (Å²) in [5.74, 6) is -1.71. The highest BCUT2D eigenvalue weighted by Gasteiger charge is 2.14. The number of hydrogen-bond donors (Lipinski definition) is 2. The maximum absolute atomic E-state index is 13.4. The maximum Gasteiger partial charge on any atom is 0.258 e. The van der Waals surface area contributed by atoms with E-state index in [0.29, 0.717) is 11.4 Å². The third-order valence-electron chi connectivity index (χ3n) is 4.62. The van der Waals surface area contributed by atoms with E-state index in [1.54, 1.807) is 12.1 Å². The molecule has 0 atom stereocenters. The zero-order valence-electron chi connectivity index (χ0n) is 18.6. The number of rotatable bonds is 8. The number of amides is 1. The predicted octanol–water partition coefficient (Wildman–Crippen LogP) is 4.40. The Morgan fingerprint density at radius 1 is 1.11 bits per heavy atom. The quantitative estimate of drug-likeness (QED) is 0.347. The molecule has 4 rings (SSSR count). The second-order valence-electron chi connectivity index (χ2n) is 7.61. The van der Waals surface area contributed by atoms with Crippen molar-refractivity contribution in [1.29, 1.82) is 0 Å². The number of nitrogens with one attached hydrogen (secondary N) is 2. The van der Waals surface area contributed by atoms with E-state index >= 15 is 0 Å². The zero-order chi connectivity index (χ0) is 25.9. The molecule has 0 saturated carbocycles. The lowest BCUT2D eigenvalue weighted by Crippen LogP contribution is -2.13. The molecule has 2 aromatic heterocycles. The Hall–Kier alpha value is -4.03. The molecule has 4 aromatic rings. The summed E-state index contributed by atoms with van der Waals surface area (Å²) in [6, 6.07) is 10.5. The molecule has 2 N–H and O–H groups in total. The van der Waals surface area contributed by atoms with E-state index in [2.05, 4.69) is 20.1 Å². The fourth-order valence-corrected chi connectivity index (χ4v) is 4.00. The van der Waals surface area contributed by atoms with Gasteiger partial charge in [-0.15, -0.1) is 0 Å². The van der Waals surface area contributed by atoms with Crippen LogP contribution in [0.1, 0.15) is 15.9 Å². The van der Waals surface area contributed by atoms with Gasteiger partial charge in [-0.2, -0.15) is 5.10 Å². The molecule has 0 fully saturated rings. The summed E-state index contributed by atoms with van der Waals surface area (Å²) in [7, 11) is -3.54. The van der Waals surface area contributed by atoms with Gasteiger partial charge < -0.3 is 10.1 Å². The van der Waals surface area contributed by atoms with Crippen molar-refractivity contribution in [2.24, 2.45) is 0 Å². The maximum atomic E-state index is 13.4. The number of ether oxygens (including phenoxy) is 1. The van der Waals surface area contributed by atoms with Gasteiger partial charge in [-0.3, -0.25) is 9.52 Å². The molecule has 0 saturated heterocycles. The molecule has 2 heterocycles.